The molecule has 1 N–H and O–H groups in total. The van der Waals surface area contributed by atoms with E-state index in [1.807, 2.05) is 0 Å². The first-order valence-electron chi connectivity index (χ1n) is 6.76. The number of aliphatic hydroxyl groups excluding tert-OH is 1. The van der Waals surface area contributed by atoms with Crippen molar-refractivity contribution in [3.63, 3.8) is 0 Å². The summed E-state index contributed by atoms with van der Waals surface area (Å²) in [6.07, 6.45) is 1.35. The van der Waals surface area contributed by atoms with Crippen molar-refractivity contribution < 1.29 is 32.2 Å². The molecule has 4 nitrogen and oxygen atoms in total. The molecule has 8 heteroatoms. The molecule has 1 fully saturated rings. The maximum Gasteiger partial charge on any atom is 0.387 e. The molecule has 0 aliphatic carbocycles. The summed E-state index contributed by atoms with van der Waals surface area (Å²) in [5.41, 5.74) is -0.805. The predicted molar refractivity (Wildman–Crippen MR) is 68.7 cm³/mol. The van der Waals surface area contributed by atoms with Gasteiger partial charge in [-0.3, -0.25) is 4.79 Å². The summed E-state index contributed by atoms with van der Waals surface area (Å²) in [5.74, 6) is -4.20. The minimum absolute atomic E-state index is 0.115. The van der Waals surface area contributed by atoms with Gasteiger partial charge in [0, 0.05) is 31.8 Å². The maximum atomic E-state index is 13.9. The Labute approximate surface area is 124 Å². The molecular weight excluding hydrogens is 306 g/mol. The van der Waals surface area contributed by atoms with E-state index in [-0.39, 0.29) is 19.1 Å². The molecule has 2 rings (SSSR count). The summed E-state index contributed by atoms with van der Waals surface area (Å²) in [4.78, 5) is 13.5. The Morgan fingerprint density at radius 2 is 2.00 bits per heavy atom. The van der Waals surface area contributed by atoms with Gasteiger partial charge in [-0.1, -0.05) is 0 Å². The first-order valence-corrected chi connectivity index (χ1v) is 6.76. The van der Waals surface area contributed by atoms with E-state index in [2.05, 4.69) is 4.74 Å². The van der Waals surface area contributed by atoms with E-state index >= 15 is 0 Å². The van der Waals surface area contributed by atoms with Crippen LogP contribution >= 0.6 is 0 Å². The quantitative estimate of drug-likeness (QED) is 0.867. The number of halogens is 4. The number of alkyl halides is 2. The lowest BCUT2D eigenvalue weighted by Crippen LogP contribution is -2.41. The fourth-order valence-corrected chi connectivity index (χ4v) is 2.48. The molecule has 0 radical (unpaired) electrons. The SMILES string of the molecule is O=C(c1c(F)cc(OC(F)F)cc1F)N1CCCC(CO)C1. The van der Waals surface area contributed by atoms with Crippen LogP contribution < -0.4 is 4.74 Å². The lowest BCUT2D eigenvalue weighted by molar-refractivity contribution is -0.0501. The number of hydrogen-bond acceptors (Lipinski definition) is 3. The van der Waals surface area contributed by atoms with Gasteiger partial charge in [0.1, 0.15) is 22.9 Å². The zero-order valence-corrected chi connectivity index (χ0v) is 11.6. The Kier molecular flexibility index (Phi) is 5.23. The molecule has 1 aromatic carbocycles. The lowest BCUT2D eigenvalue weighted by Gasteiger charge is -2.32. The molecule has 1 aliphatic rings. The van der Waals surface area contributed by atoms with Crippen LogP contribution in [-0.4, -0.2) is 42.2 Å². The van der Waals surface area contributed by atoms with Gasteiger partial charge in [0.05, 0.1) is 0 Å². The third kappa shape index (κ3) is 3.68. The maximum absolute atomic E-state index is 13.9. The molecule has 22 heavy (non-hydrogen) atoms. The van der Waals surface area contributed by atoms with Gasteiger partial charge >= 0.3 is 6.61 Å². The van der Waals surface area contributed by atoms with Gasteiger partial charge in [-0.25, -0.2) is 8.78 Å². The molecule has 0 saturated carbocycles. The normalized spacial score (nSPS) is 18.6. The van der Waals surface area contributed by atoms with E-state index in [4.69, 9.17) is 5.11 Å². The van der Waals surface area contributed by atoms with E-state index in [1.54, 1.807) is 0 Å². The monoisotopic (exact) mass is 321 g/mol. The Morgan fingerprint density at radius 1 is 1.36 bits per heavy atom. The fraction of sp³-hybridized carbons (Fsp3) is 0.500. The average Bonchev–Trinajstić information content (AvgIpc) is 2.45. The summed E-state index contributed by atoms with van der Waals surface area (Å²) >= 11 is 0. The molecule has 1 aliphatic heterocycles. The molecule has 0 spiro atoms. The van der Waals surface area contributed by atoms with Crippen LogP contribution in [0.5, 0.6) is 5.75 Å². The van der Waals surface area contributed by atoms with Gasteiger partial charge in [0.25, 0.3) is 5.91 Å². The number of likely N-dealkylation sites (tertiary alicyclic amines) is 1. The third-order valence-electron chi connectivity index (χ3n) is 3.52. The zero-order valence-electron chi connectivity index (χ0n) is 11.6. The van der Waals surface area contributed by atoms with Crippen LogP contribution in [0, 0.1) is 17.6 Å². The molecule has 1 amide bonds. The molecule has 1 unspecified atom stereocenters. The molecule has 1 atom stereocenters. The van der Waals surface area contributed by atoms with Crippen LogP contribution in [0.4, 0.5) is 17.6 Å². The fourth-order valence-electron chi connectivity index (χ4n) is 2.48. The number of hydrogen-bond donors (Lipinski definition) is 1. The first-order chi connectivity index (χ1) is 10.4. The van der Waals surface area contributed by atoms with Crippen molar-refractivity contribution in [2.24, 2.45) is 5.92 Å². The van der Waals surface area contributed by atoms with Crippen LogP contribution in [-0.2, 0) is 0 Å². The number of amides is 1. The number of benzene rings is 1. The van der Waals surface area contributed by atoms with E-state index in [1.165, 1.54) is 4.90 Å². The first kappa shape index (κ1) is 16.5. The van der Waals surface area contributed by atoms with Crippen LogP contribution in [0.25, 0.3) is 0 Å². The van der Waals surface area contributed by atoms with Crippen LogP contribution in [0.1, 0.15) is 23.2 Å². The molecule has 1 aromatic rings. The van der Waals surface area contributed by atoms with Crippen molar-refractivity contribution in [3.05, 3.63) is 29.3 Å². The Bertz CT molecular complexity index is 530. The highest BCUT2D eigenvalue weighted by atomic mass is 19.3. The molecule has 1 heterocycles. The van der Waals surface area contributed by atoms with Crippen molar-refractivity contribution >= 4 is 5.91 Å². The second-order valence-corrected chi connectivity index (χ2v) is 5.08. The predicted octanol–water partition coefficient (Wildman–Crippen LogP) is 2.41. The Hall–Kier alpha value is -1.83. The summed E-state index contributed by atoms with van der Waals surface area (Å²) < 4.78 is 55.8. The van der Waals surface area contributed by atoms with Crippen LogP contribution in [0.2, 0.25) is 0 Å². The Balaban J connectivity index is 2.22. The Morgan fingerprint density at radius 3 is 2.55 bits per heavy atom. The molecule has 0 aromatic heterocycles. The number of rotatable bonds is 4. The second-order valence-electron chi connectivity index (χ2n) is 5.08. The van der Waals surface area contributed by atoms with Gasteiger partial charge in [0.15, 0.2) is 0 Å². The van der Waals surface area contributed by atoms with Crippen molar-refractivity contribution in [1.82, 2.24) is 4.90 Å². The highest BCUT2D eigenvalue weighted by Crippen LogP contribution is 2.25. The van der Waals surface area contributed by atoms with Gasteiger partial charge in [0.2, 0.25) is 0 Å². The molecular formula is C14H15F4NO3. The van der Waals surface area contributed by atoms with Gasteiger partial charge in [-0.15, -0.1) is 0 Å². The van der Waals surface area contributed by atoms with Crippen molar-refractivity contribution in [3.8, 4) is 5.75 Å². The van der Waals surface area contributed by atoms with Crippen LogP contribution in [0.3, 0.4) is 0 Å². The number of piperidine rings is 1. The molecule has 0 bridgehead atoms. The number of ether oxygens (including phenoxy) is 1. The smallest absolute Gasteiger partial charge is 0.387 e. The molecule has 1 saturated heterocycles. The van der Waals surface area contributed by atoms with Crippen molar-refractivity contribution in [1.29, 1.82) is 0 Å². The topological polar surface area (TPSA) is 49.8 Å². The van der Waals surface area contributed by atoms with E-state index in [0.29, 0.717) is 25.1 Å². The summed E-state index contributed by atoms with van der Waals surface area (Å²) in [5, 5.41) is 9.12. The zero-order chi connectivity index (χ0) is 16.3. The highest BCUT2D eigenvalue weighted by molar-refractivity contribution is 5.95. The molecule has 122 valence electrons. The van der Waals surface area contributed by atoms with E-state index in [0.717, 1.165) is 6.42 Å². The number of carbonyl (C=O) groups is 1. The lowest BCUT2D eigenvalue weighted by atomic mass is 9.98. The summed E-state index contributed by atoms with van der Waals surface area (Å²) in [6, 6.07) is 1.10. The standard InChI is InChI=1S/C14H15F4NO3/c15-10-4-9(22-14(17)18)5-11(16)12(10)13(21)19-3-1-2-8(6-19)7-20/h4-5,8,14,20H,1-3,6-7H2. The number of aliphatic hydroxyl groups is 1. The summed E-state index contributed by atoms with van der Waals surface area (Å²) in [6.45, 7) is -2.81. The van der Waals surface area contributed by atoms with Crippen molar-refractivity contribution in [2.45, 2.75) is 19.5 Å². The van der Waals surface area contributed by atoms with Crippen LogP contribution in [0.15, 0.2) is 12.1 Å². The van der Waals surface area contributed by atoms with E-state index < -0.39 is 35.5 Å². The highest BCUT2D eigenvalue weighted by Gasteiger charge is 2.28. The third-order valence-corrected chi connectivity index (χ3v) is 3.52. The largest absolute Gasteiger partial charge is 0.435 e. The average molecular weight is 321 g/mol. The van der Waals surface area contributed by atoms with Crippen molar-refractivity contribution in [2.75, 3.05) is 19.7 Å². The summed E-state index contributed by atoms with van der Waals surface area (Å²) in [7, 11) is 0. The minimum Gasteiger partial charge on any atom is -0.435 e. The van der Waals surface area contributed by atoms with Gasteiger partial charge in [-0.05, 0) is 18.8 Å². The van der Waals surface area contributed by atoms with Gasteiger partial charge < -0.3 is 14.7 Å². The number of nitrogens with zero attached hydrogens (tertiary/aromatic N) is 1. The minimum atomic E-state index is -3.22. The second kappa shape index (κ2) is 6.95. The van der Waals surface area contributed by atoms with Gasteiger partial charge in [-0.2, -0.15) is 8.78 Å². The van der Waals surface area contributed by atoms with E-state index in [9.17, 15) is 22.4 Å². The number of carbonyl (C=O) groups excluding carboxylic acids is 1.